The van der Waals surface area contributed by atoms with Crippen molar-refractivity contribution in [1.29, 1.82) is 0 Å². The highest BCUT2D eigenvalue weighted by Crippen LogP contribution is 2.32. The fourth-order valence-electron chi connectivity index (χ4n) is 1.67. The minimum Gasteiger partial charge on any atom is -0.370 e. The molecule has 2 rings (SSSR count). The quantitative estimate of drug-likeness (QED) is 0.840. The second kappa shape index (κ2) is 6.48. The van der Waals surface area contributed by atoms with Gasteiger partial charge in [0, 0.05) is 39.3 Å². The highest BCUT2D eigenvalue weighted by Gasteiger charge is 2.12. The van der Waals surface area contributed by atoms with Crippen LogP contribution in [0.4, 0.5) is 5.82 Å². The molecule has 2 heterocycles. The minimum atomic E-state index is 0.319. The molecule has 0 bridgehead atoms. The summed E-state index contributed by atoms with van der Waals surface area (Å²) in [5.41, 5.74) is 2.11. The van der Waals surface area contributed by atoms with Crippen molar-refractivity contribution >= 4 is 33.1 Å². The number of nitrogens with one attached hydrogen (secondary N) is 1. The Morgan fingerprint density at radius 1 is 1.32 bits per heavy atom. The lowest BCUT2D eigenvalue weighted by Crippen LogP contribution is -2.07. The van der Waals surface area contributed by atoms with E-state index in [1.165, 1.54) is 0 Å². The highest BCUT2D eigenvalue weighted by molar-refractivity contribution is 9.10. The van der Waals surface area contributed by atoms with Crippen molar-refractivity contribution in [3.05, 3.63) is 27.1 Å². The molecule has 3 nitrogen and oxygen atoms in total. The van der Waals surface area contributed by atoms with Crippen molar-refractivity contribution in [3.63, 3.8) is 0 Å². The van der Waals surface area contributed by atoms with Gasteiger partial charge in [0.25, 0.3) is 0 Å². The van der Waals surface area contributed by atoms with E-state index in [4.69, 9.17) is 0 Å². The number of anilines is 1. The first-order valence-electron chi connectivity index (χ1n) is 6.46. The van der Waals surface area contributed by atoms with Gasteiger partial charge in [-0.1, -0.05) is 20.8 Å². The number of nitrogens with zero attached hydrogens (tertiary/aromatic N) is 2. The summed E-state index contributed by atoms with van der Waals surface area (Å²) in [6.07, 6.45) is 1.08. The summed E-state index contributed by atoms with van der Waals surface area (Å²) in [4.78, 5) is 9.25. The van der Waals surface area contributed by atoms with Crippen molar-refractivity contribution < 1.29 is 0 Å². The summed E-state index contributed by atoms with van der Waals surface area (Å²) in [6, 6.07) is 2.02. The van der Waals surface area contributed by atoms with E-state index in [9.17, 15) is 0 Å². The van der Waals surface area contributed by atoms with E-state index in [0.29, 0.717) is 5.92 Å². The molecule has 0 spiro atoms. The van der Waals surface area contributed by atoms with Crippen LogP contribution in [-0.4, -0.2) is 16.5 Å². The number of rotatable bonds is 5. The molecule has 19 heavy (non-hydrogen) atoms. The van der Waals surface area contributed by atoms with Crippen LogP contribution in [0.2, 0.25) is 0 Å². The van der Waals surface area contributed by atoms with Crippen molar-refractivity contribution in [2.75, 3.05) is 11.9 Å². The number of hydrogen-bond acceptors (Lipinski definition) is 4. The molecular formula is C14H18BrN3S. The van der Waals surface area contributed by atoms with Gasteiger partial charge < -0.3 is 5.32 Å². The molecular weight excluding hydrogens is 322 g/mol. The predicted molar refractivity (Wildman–Crippen MR) is 85.9 cm³/mol. The molecule has 0 aromatic carbocycles. The molecule has 0 saturated carbocycles. The Kier molecular flexibility index (Phi) is 4.93. The van der Waals surface area contributed by atoms with Crippen LogP contribution in [0.1, 0.15) is 38.9 Å². The van der Waals surface area contributed by atoms with E-state index in [2.05, 4.69) is 62.7 Å². The number of thiophene rings is 1. The molecule has 0 atom stereocenters. The van der Waals surface area contributed by atoms with Gasteiger partial charge in [-0.15, -0.1) is 0 Å². The zero-order valence-corrected chi connectivity index (χ0v) is 13.8. The van der Waals surface area contributed by atoms with Crippen LogP contribution in [-0.2, 0) is 0 Å². The third-order valence-corrected chi connectivity index (χ3v) is 4.41. The largest absolute Gasteiger partial charge is 0.370 e. The van der Waals surface area contributed by atoms with Crippen LogP contribution >= 0.6 is 27.3 Å². The molecule has 5 heteroatoms. The minimum absolute atomic E-state index is 0.319. The molecule has 0 aliphatic carbocycles. The van der Waals surface area contributed by atoms with Gasteiger partial charge in [-0.25, -0.2) is 9.97 Å². The van der Waals surface area contributed by atoms with Gasteiger partial charge in [0.1, 0.15) is 11.6 Å². The molecule has 0 amide bonds. The summed E-state index contributed by atoms with van der Waals surface area (Å²) in [6.45, 7) is 7.31. The van der Waals surface area contributed by atoms with Gasteiger partial charge in [-0.3, -0.25) is 0 Å². The Bertz CT molecular complexity index is 551. The van der Waals surface area contributed by atoms with Gasteiger partial charge in [-0.05, 0) is 22.4 Å². The topological polar surface area (TPSA) is 37.8 Å². The summed E-state index contributed by atoms with van der Waals surface area (Å²) < 4.78 is 1.09. The molecule has 1 N–H and O–H groups in total. The fourth-order valence-corrected chi connectivity index (χ4v) is 3.16. The van der Waals surface area contributed by atoms with Crippen LogP contribution in [0.15, 0.2) is 21.3 Å². The Hall–Kier alpha value is -0.940. The summed E-state index contributed by atoms with van der Waals surface area (Å²) in [5, 5.41) is 7.53. The smallest absolute Gasteiger partial charge is 0.133 e. The molecule has 0 fully saturated rings. The van der Waals surface area contributed by atoms with E-state index in [1.807, 2.05) is 6.07 Å². The van der Waals surface area contributed by atoms with Crippen LogP contribution in [0, 0.1) is 0 Å². The Morgan fingerprint density at radius 3 is 2.68 bits per heavy atom. The third-order valence-electron chi connectivity index (χ3n) is 2.71. The van der Waals surface area contributed by atoms with E-state index in [1.54, 1.807) is 11.3 Å². The maximum absolute atomic E-state index is 4.67. The Morgan fingerprint density at radius 2 is 2.11 bits per heavy atom. The van der Waals surface area contributed by atoms with Crippen molar-refractivity contribution in [2.24, 2.45) is 0 Å². The third kappa shape index (κ3) is 3.54. The van der Waals surface area contributed by atoms with E-state index >= 15 is 0 Å². The second-order valence-electron chi connectivity index (χ2n) is 4.71. The van der Waals surface area contributed by atoms with Gasteiger partial charge >= 0.3 is 0 Å². The van der Waals surface area contributed by atoms with Crippen LogP contribution in [0.3, 0.4) is 0 Å². The fraction of sp³-hybridized carbons (Fsp3) is 0.429. The van der Waals surface area contributed by atoms with Gasteiger partial charge in [0.05, 0.1) is 5.69 Å². The van der Waals surface area contributed by atoms with Crippen LogP contribution in [0.25, 0.3) is 11.3 Å². The SMILES string of the molecule is CCCNc1cc(-c2cscc2Br)nc(C(C)C)n1. The maximum Gasteiger partial charge on any atom is 0.133 e. The molecule has 2 aromatic heterocycles. The lowest BCUT2D eigenvalue weighted by Gasteiger charge is -2.11. The van der Waals surface area contributed by atoms with Gasteiger partial charge in [0.2, 0.25) is 0 Å². The molecule has 0 unspecified atom stereocenters. The van der Waals surface area contributed by atoms with Crippen molar-refractivity contribution in [2.45, 2.75) is 33.1 Å². The average Bonchev–Trinajstić information content (AvgIpc) is 2.82. The summed E-state index contributed by atoms with van der Waals surface area (Å²) in [7, 11) is 0. The van der Waals surface area contributed by atoms with E-state index < -0.39 is 0 Å². The van der Waals surface area contributed by atoms with Crippen molar-refractivity contribution in [1.82, 2.24) is 9.97 Å². The van der Waals surface area contributed by atoms with Crippen LogP contribution < -0.4 is 5.32 Å². The highest BCUT2D eigenvalue weighted by atomic mass is 79.9. The van der Waals surface area contributed by atoms with Crippen molar-refractivity contribution in [3.8, 4) is 11.3 Å². The molecule has 2 aromatic rings. The lowest BCUT2D eigenvalue weighted by molar-refractivity contribution is 0.775. The van der Waals surface area contributed by atoms with Gasteiger partial charge in [0.15, 0.2) is 0 Å². The monoisotopic (exact) mass is 339 g/mol. The van der Waals surface area contributed by atoms with Crippen LogP contribution in [0.5, 0.6) is 0 Å². The molecule has 0 aliphatic rings. The molecule has 0 aliphatic heterocycles. The molecule has 0 saturated heterocycles. The Balaban J connectivity index is 2.42. The lowest BCUT2D eigenvalue weighted by atomic mass is 10.2. The number of aromatic nitrogens is 2. The van der Waals surface area contributed by atoms with Gasteiger partial charge in [-0.2, -0.15) is 11.3 Å². The standard InChI is InChI=1S/C14H18BrN3S/c1-4-5-16-13-6-12(10-7-19-8-11(10)15)17-14(18-13)9(2)3/h6-9H,4-5H2,1-3H3,(H,16,17,18). The zero-order valence-electron chi connectivity index (χ0n) is 11.4. The number of halogens is 1. The summed E-state index contributed by atoms with van der Waals surface area (Å²) >= 11 is 5.24. The summed E-state index contributed by atoms with van der Waals surface area (Å²) in [5.74, 6) is 2.11. The Labute approximate surface area is 126 Å². The first-order valence-corrected chi connectivity index (χ1v) is 8.20. The predicted octanol–water partition coefficient (Wildman–Crippen LogP) is 4.91. The van der Waals surface area contributed by atoms with E-state index in [-0.39, 0.29) is 0 Å². The van der Waals surface area contributed by atoms with E-state index in [0.717, 1.165) is 40.3 Å². The number of hydrogen-bond donors (Lipinski definition) is 1. The first kappa shape index (κ1) is 14.5. The maximum atomic E-state index is 4.67. The molecule has 0 radical (unpaired) electrons. The first-order chi connectivity index (χ1) is 9.11. The normalized spacial score (nSPS) is 11.0. The second-order valence-corrected chi connectivity index (χ2v) is 6.31. The zero-order chi connectivity index (χ0) is 13.8. The average molecular weight is 340 g/mol. The molecule has 102 valence electrons.